The van der Waals surface area contributed by atoms with Crippen molar-refractivity contribution in [3.8, 4) is 0 Å². The maximum atomic E-state index is 13.2. The average Bonchev–Trinajstić information content (AvgIpc) is 1.14. The van der Waals surface area contributed by atoms with Gasteiger partial charge in [0.05, 0.1) is 52.9 Å². The molecule has 6 aliphatic heterocycles. The summed E-state index contributed by atoms with van der Waals surface area (Å²) in [5.41, 5.74) is -3.54. The van der Waals surface area contributed by atoms with Gasteiger partial charge in [0.1, 0.15) is 38.5 Å². The maximum absolute atomic E-state index is 13.2. The van der Waals surface area contributed by atoms with Gasteiger partial charge >= 0.3 is 71.6 Å². The third kappa shape index (κ3) is 24.4. The van der Waals surface area contributed by atoms with Crippen molar-refractivity contribution >= 4 is 143 Å². The second-order valence-electron chi connectivity index (χ2n) is 22.6. The lowest BCUT2D eigenvalue weighted by Gasteiger charge is -2.37. The van der Waals surface area contributed by atoms with Crippen LogP contribution in [0.1, 0.15) is 154 Å². The minimum Gasteiger partial charge on any atom is -0.465 e. The van der Waals surface area contributed by atoms with E-state index in [0.717, 1.165) is 0 Å². The first-order chi connectivity index (χ1) is 47.8. The molecular weight excluding hydrogens is 1370 g/mol. The molecule has 43 heteroatoms. The number of imide groups is 6. The molecule has 0 N–H and O–H groups in total. The van der Waals surface area contributed by atoms with E-state index in [9.17, 15) is 115 Å². The van der Waals surface area contributed by atoms with Crippen molar-refractivity contribution in [1.29, 1.82) is 0 Å². The van der Waals surface area contributed by atoms with Gasteiger partial charge in [-0.1, -0.05) is 0 Å². The SMILES string of the molecule is O=C(CC(=O)ON1C(=O)CCC1=O)OCCC(CCOC(=O)CC(=O)ON1C(=O)CCC1=O)(CCOC(=O)CC(=O)ON1C(=O)CCC1=O)COCC(CCOC(=O)CC(=O)ON1C(=O)CCC1=O)(CCOC(=O)CC(=O)ON1C(=O)CCC1=O)CCOC(=O)CC(=O)ON1C(=O)CCC1=O. The molecule has 0 radical (unpaired) electrons. The minimum atomic E-state index is -1.77. The van der Waals surface area contributed by atoms with Crippen molar-refractivity contribution in [2.75, 3.05) is 52.9 Å². The van der Waals surface area contributed by atoms with E-state index in [1.165, 1.54) is 0 Å². The summed E-state index contributed by atoms with van der Waals surface area (Å²) in [5.74, 6) is -27.7. The summed E-state index contributed by atoms with van der Waals surface area (Å²) in [6.45, 7) is -6.22. The molecule has 0 saturated carbocycles. The molecule has 0 aromatic heterocycles. The first-order valence-electron chi connectivity index (χ1n) is 30.8. The van der Waals surface area contributed by atoms with E-state index in [1.807, 2.05) is 0 Å². The molecule has 0 spiro atoms. The number of ether oxygens (including phenoxy) is 7. The van der Waals surface area contributed by atoms with Crippen LogP contribution in [0.15, 0.2) is 0 Å². The van der Waals surface area contributed by atoms with Crippen LogP contribution in [0.25, 0.3) is 0 Å². The van der Waals surface area contributed by atoms with E-state index < -0.39 is 283 Å². The summed E-state index contributed by atoms with van der Waals surface area (Å²) in [7, 11) is 0. The van der Waals surface area contributed by atoms with Crippen LogP contribution in [0.3, 0.4) is 0 Å². The van der Waals surface area contributed by atoms with E-state index in [2.05, 4.69) is 0 Å². The third-order valence-electron chi connectivity index (χ3n) is 15.1. The summed E-state index contributed by atoms with van der Waals surface area (Å²) in [6, 6.07) is 0. The van der Waals surface area contributed by atoms with Crippen LogP contribution in [0.2, 0.25) is 0 Å². The largest absolute Gasteiger partial charge is 0.465 e. The molecule has 0 unspecified atom stereocenters. The Bertz CT molecular complexity index is 2780. The van der Waals surface area contributed by atoms with Gasteiger partial charge < -0.3 is 62.2 Å². The molecule has 6 rings (SSSR count). The molecule has 548 valence electrons. The van der Waals surface area contributed by atoms with Crippen LogP contribution < -0.4 is 0 Å². The molecule has 0 aromatic carbocycles. The van der Waals surface area contributed by atoms with Crippen molar-refractivity contribution in [2.45, 2.75) is 154 Å². The summed E-state index contributed by atoms with van der Waals surface area (Å²) in [5, 5.41) is 0.813. The smallest absolute Gasteiger partial charge is 0.344 e. The van der Waals surface area contributed by atoms with E-state index in [0.29, 0.717) is 0 Å². The highest BCUT2D eigenvalue weighted by molar-refractivity contribution is 6.06. The molecule has 6 aliphatic rings. The van der Waals surface area contributed by atoms with Gasteiger partial charge in [-0.3, -0.25) is 86.3 Å². The standard InChI is InChI=1S/C58H64N6O37/c65-33-1-2-34(66)59(33)96-51(83)25-45(77)90-19-13-57(14-20-91-46(78)26-52(84)97-60-35(67)3-4-36(60)68,15-21-92-47(79)27-53(85)98-61-37(69)5-6-38(61)70)31-89-32-58(16-22-93-48(80)28-54(86)99-62-39(71)7-8-40(62)72,17-23-94-49(81)29-55(87)100-63-41(73)9-10-42(63)74)18-24-95-50(82)30-56(88)101-64-43(75)11-12-44(64)76/h1-32H2. The second-order valence-corrected chi connectivity index (χ2v) is 22.6. The van der Waals surface area contributed by atoms with E-state index in [-0.39, 0.29) is 107 Å². The fourth-order valence-corrected chi connectivity index (χ4v) is 9.72. The lowest BCUT2D eigenvalue weighted by atomic mass is 9.78. The number of nitrogens with zero attached hydrogens (tertiary/aromatic N) is 6. The van der Waals surface area contributed by atoms with Crippen LogP contribution in [0, 0.1) is 10.8 Å². The zero-order valence-corrected chi connectivity index (χ0v) is 53.4. The van der Waals surface area contributed by atoms with E-state index >= 15 is 0 Å². The first-order valence-corrected chi connectivity index (χ1v) is 30.8. The van der Waals surface area contributed by atoms with Crippen LogP contribution in [0.4, 0.5) is 0 Å². The molecule has 6 saturated heterocycles. The van der Waals surface area contributed by atoms with Crippen molar-refractivity contribution in [3.05, 3.63) is 0 Å². The average molecular weight is 1440 g/mol. The number of amides is 12. The van der Waals surface area contributed by atoms with Crippen LogP contribution in [-0.2, 0) is 177 Å². The second kappa shape index (κ2) is 36.9. The van der Waals surface area contributed by atoms with E-state index in [1.54, 1.807) is 0 Å². The Balaban J connectivity index is 1.30. The molecule has 0 aromatic rings. The van der Waals surface area contributed by atoms with Gasteiger partial charge in [-0.15, -0.1) is 30.4 Å². The number of carbonyl (C=O) groups is 24. The quantitative estimate of drug-likeness (QED) is 0.0249. The van der Waals surface area contributed by atoms with Crippen LogP contribution in [0.5, 0.6) is 0 Å². The molecule has 101 heavy (non-hydrogen) atoms. The summed E-state index contributed by atoms with van der Waals surface area (Å²) < 4.78 is 38.2. The lowest BCUT2D eigenvalue weighted by Crippen LogP contribution is -2.38. The van der Waals surface area contributed by atoms with Gasteiger partial charge in [-0.05, 0) is 38.5 Å². The lowest BCUT2D eigenvalue weighted by molar-refractivity contribution is -0.199. The fraction of sp³-hybridized carbons (Fsp3) is 0.586. The van der Waals surface area contributed by atoms with Gasteiger partial charge in [0, 0.05) is 87.9 Å². The molecule has 0 bridgehead atoms. The highest BCUT2D eigenvalue weighted by atomic mass is 16.8. The van der Waals surface area contributed by atoms with Gasteiger partial charge in [-0.25, -0.2) is 28.8 Å². The van der Waals surface area contributed by atoms with Crippen molar-refractivity contribution in [1.82, 2.24) is 30.4 Å². The zero-order valence-electron chi connectivity index (χ0n) is 53.4. The molecule has 6 heterocycles. The molecule has 43 nitrogen and oxygen atoms in total. The molecule has 0 atom stereocenters. The van der Waals surface area contributed by atoms with Gasteiger partial charge in [0.2, 0.25) is 0 Å². The van der Waals surface area contributed by atoms with Crippen molar-refractivity contribution in [2.24, 2.45) is 10.8 Å². The number of carbonyl (C=O) groups excluding carboxylic acids is 24. The highest BCUT2D eigenvalue weighted by Gasteiger charge is 2.42. The van der Waals surface area contributed by atoms with E-state index in [4.69, 9.17) is 62.2 Å². The Kier molecular flexibility index (Phi) is 28.6. The molecule has 0 aliphatic carbocycles. The Morgan fingerprint density at radius 1 is 0.218 bits per heavy atom. The van der Waals surface area contributed by atoms with Gasteiger partial charge in [0.15, 0.2) is 0 Å². The van der Waals surface area contributed by atoms with Crippen LogP contribution in [-0.4, -0.2) is 226 Å². The van der Waals surface area contributed by atoms with Gasteiger partial charge in [0.25, 0.3) is 70.9 Å². The Morgan fingerprint density at radius 2 is 0.347 bits per heavy atom. The topological polar surface area (TPSA) is 549 Å². The molecule has 12 amide bonds. The zero-order chi connectivity index (χ0) is 74.1. The minimum absolute atomic E-state index is 0.136. The third-order valence-corrected chi connectivity index (χ3v) is 15.1. The van der Waals surface area contributed by atoms with Crippen LogP contribution >= 0.6 is 0 Å². The Labute approximate surface area is 566 Å². The van der Waals surface area contributed by atoms with Crippen molar-refractivity contribution < 1.29 is 177 Å². The predicted octanol–water partition coefficient (Wildman–Crippen LogP) is -3.44. The monoisotopic (exact) mass is 1440 g/mol. The number of rotatable bonds is 40. The van der Waals surface area contributed by atoms with Gasteiger partial charge in [-0.2, -0.15) is 0 Å². The summed E-state index contributed by atoms with van der Waals surface area (Å²) in [4.78, 5) is 329. The number of esters is 6. The molecule has 6 fully saturated rings. The predicted molar refractivity (Wildman–Crippen MR) is 300 cm³/mol. The Morgan fingerprint density at radius 3 is 0.475 bits per heavy atom. The Hall–Kier alpha value is -11.6. The normalized spacial score (nSPS) is 16.3. The molecular formula is C58H64N6O37. The fourth-order valence-electron chi connectivity index (χ4n) is 9.72. The first kappa shape index (κ1) is 78.4. The number of hydroxylamine groups is 12. The maximum Gasteiger partial charge on any atom is 0.344 e. The number of hydrogen-bond acceptors (Lipinski definition) is 37. The number of hydrogen-bond donors (Lipinski definition) is 0. The summed E-state index contributed by atoms with van der Waals surface area (Å²) >= 11 is 0. The van der Waals surface area contributed by atoms with Crippen molar-refractivity contribution in [3.63, 3.8) is 0 Å². The summed E-state index contributed by atoms with van der Waals surface area (Å²) in [6.07, 6.45) is -14.4. The highest BCUT2D eigenvalue weighted by Crippen LogP contribution is 2.37.